The van der Waals surface area contributed by atoms with E-state index in [4.69, 9.17) is 5.73 Å². The van der Waals surface area contributed by atoms with Crippen molar-refractivity contribution in [3.05, 3.63) is 0 Å². The van der Waals surface area contributed by atoms with Gasteiger partial charge in [0.2, 0.25) is 0 Å². The number of hydrogen-bond acceptors (Lipinski definition) is 2. The Labute approximate surface area is 87.8 Å². The van der Waals surface area contributed by atoms with Crippen LogP contribution < -0.4 is 5.73 Å². The molecule has 1 heterocycles. The van der Waals surface area contributed by atoms with Gasteiger partial charge >= 0.3 is 0 Å². The Bertz CT molecular complexity index is 175. The Morgan fingerprint density at radius 1 is 1.21 bits per heavy atom. The van der Waals surface area contributed by atoms with Crippen molar-refractivity contribution >= 4 is 0 Å². The second-order valence-electron chi connectivity index (χ2n) is 5.08. The Morgan fingerprint density at radius 3 is 2.50 bits per heavy atom. The summed E-state index contributed by atoms with van der Waals surface area (Å²) in [7, 11) is 0. The molecule has 1 saturated heterocycles. The molecule has 2 unspecified atom stereocenters. The van der Waals surface area contributed by atoms with Crippen molar-refractivity contribution in [2.24, 2.45) is 11.7 Å². The molecule has 0 aromatic rings. The number of nitrogens with zero attached hydrogens (tertiary/aromatic N) is 1. The van der Waals surface area contributed by atoms with Gasteiger partial charge in [0.25, 0.3) is 0 Å². The van der Waals surface area contributed by atoms with Gasteiger partial charge in [-0.2, -0.15) is 0 Å². The van der Waals surface area contributed by atoms with Crippen LogP contribution >= 0.6 is 0 Å². The van der Waals surface area contributed by atoms with Crippen LogP contribution in [0, 0.1) is 5.92 Å². The van der Waals surface area contributed by atoms with Crippen molar-refractivity contribution in [3.8, 4) is 0 Å². The molecule has 2 nitrogen and oxygen atoms in total. The topological polar surface area (TPSA) is 29.3 Å². The van der Waals surface area contributed by atoms with Gasteiger partial charge in [-0.1, -0.05) is 12.8 Å². The molecule has 1 saturated carbocycles. The summed E-state index contributed by atoms with van der Waals surface area (Å²) in [6.07, 6.45) is 8.45. The average Bonchev–Trinajstić information content (AvgIpc) is 2.12. The minimum atomic E-state index is 0.694. The van der Waals surface area contributed by atoms with Crippen LogP contribution in [-0.4, -0.2) is 30.1 Å². The van der Waals surface area contributed by atoms with E-state index in [2.05, 4.69) is 11.8 Å². The molecular formula is C12H24N2. The summed E-state index contributed by atoms with van der Waals surface area (Å²) in [5, 5.41) is 0. The van der Waals surface area contributed by atoms with E-state index >= 15 is 0 Å². The van der Waals surface area contributed by atoms with Crippen molar-refractivity contribution < 1.29 is 0 Å². The molecule has 2 heteroatoms. The zero-order chi connectivity index (χ0) is 9.97. The summed E-state index contributed by atoms with van der Waals surface area (Å²) in [6.45, 7) is 4.54. The SMILES string of the molecule is CC1CCCCN1C(CN)C1CCC1. The van der Waals surface area contributed by atoms with E-state index < -0.39 is 0 Å². The molecule has 2 rings (SSSR count). The molecule has 14 heavy (non-hydrogen) atoms. The summed E-state index contributed by atoms with van der Waals surface area (Å²) in [6, 6.07) is 1.47. The van der Waals surface area contributed by atoms with Crippen LogP contribution in [0.3, 0.4) is 0 Å². The molecule has 2 aliphatic rings. The molecule has 2 N–H and O–H groups in total. The maximum absolute atomic E-state index is 5.93. The van der Waals surface area contributed by atoms with Gasteiger partial charge in [0.05, 0.1) is 0 Å². The van der Waals surface area contributed by atoms with Crippen LogP contribution in [0.25, 0.3) is 0 Å². The van der Waals surface area contributed by atoms with E-state index in [1.165, 1.54) is 45.1 Å². The second kappa shape index (κ2) is 4.63. The highest BCUT2D eigenvalue weighted by Crippen LogP contribution is 2.34. The highest BCUT2D eigenvalue weighted by Gasteiger charge is 2.33. The van der Waals surface area contributed by atoms with Gasteiger partial charge in [-0.15, -0.1) is 0 Å². The van der Waals surface area contributed by atoms with E-state index in [1.807, 2.05) is 0 Å². The normalized spacial score (nSPS) is 32.6. The predicted octanol–water partition coefficient (Wildman–Crippen LogP) is 1.99. The Balaban J connectivity index is 1.94. The number of hydrogen-bond donors (Lipinski definition) is 1. The summed E-state index contributed by atoms with van der Waals surface area (Å²) in [5.74, 6) is 0.917. The minimum Gasteiger partial charge on any atom is -0.329 e. The molecular weight excluding hydrogens is 172 g/mol. The lowest BCUT2D eigenvalue weighted by Crippen LogP contribution is -2.53. The van der Waals surface area contributed by atoms with E-state index in [1.54, 1.807) is 0 Å². The zero-order valence-corrected chi connectivity index (χ0v) is 9.41. The van der Waals surface area contributed by atoms with Gasteiger partial charge in [-0.25, -0.2) is 0 Å². The van der Waals surface area contributed by atoms with Gasteiger partial charge in [0.1, 0.15) is 0 Å². The predicted molar refractivity (Wildman–Crippen MR) is 60.2 cm³/mol. The summed E-state index contributed by atoms with van der Waals surface area (Å²) >= 11 is 0. The number of rotatable bonds is 3. The van der Waals surface area contributed by atoms with E-state index in [-0.39, 0.29) is 0 Å². The fourth-order valence-corrected chi connectivity index (χ4v) is 3.04. The molecule has 82 valence electrons. The highest BCUT2D eigenvalue weighted by molar-refractivity contribution is 4.89. The molecule has 0 aromatic heterocycles. The lowest BCUT2D eigenvalue weighted by atomic mass is 9.78. The molecule has 0 spiro atoms. The largest absolute Gasteiger partial charge is 0.329 e. The smallest absolute Gasteiger partial charge is 0.0249 e. The van der Waals surface area contributed by atoms with Crippen LogP contribution in [0.2, 0.25) is 0 Å². The lowest BCUT2D eigenvalue weighted by Gasteiger charge is -2.45. The van der Waals surface area contributed by atoms with E-state index in [9.17, 15) is 0 Å². The lowest BCUT2D eigenvalue weighted by molar-refractivity contribution is 0.0466. The first kappa shape index (κ1) is 10.4. The number of likely N-dealkylation sites (tertiary alicyclic amines) is 1. The molecule has 2 fully saturated rings. The molecule has 0 amide bonds. The maximum atomic E-state index is 5.93. The highest BCUT2D eigenvalue weighted by atomic mass is 15.2. The van der Waals surface area contributed by atoms with Crippen LogP contribution in [0.15, 0.2) is 0 Å². The van der Waals surface area contributed by atoms with Crippen molar-refractivity contribution in [1.29, 1.82) is 0 Å². The number of piperidine rings is 1. The third-order valence-electron chi connectivity index (χ3n) is 4.22. The van der Waals surface area contributed by atoms with Crippen molar-refractivity contribution in [3.63, 3.8) is 0 Å². The summed E-state index contributed by atoms with van der Waals surface area (Å²) < 4.78 is 0. The Morgan fingerprint density at radius 2 is 2.00 bits per heavy atom. The standard InChI is InChI=1S/C12H24N2/c1-10-5-2-3-8-14(10)12(9-13)11-6-4-7-11/h10-12H,2-9,13H2,1H3. The van der Waals surface area contributed by atoms with Crippen LogP contribution in [0.5, 0.6) is 0 Å². The van der Waals surface area contributed by atoms with Crippen LogP contribution in [0.4, 0.5) is 0 Å². The van der Waals surface area contributed by atoms with E-state index in [0.717, 1.165) is 18.5 Å². The average molecular weight is 196 g/mol. The van der Waals surface area contributed by atoms with Crippen molar-refractivity contribution in [2.45, 2.75) is 57.5 Å². The fraction of sp³-hybridized carbons (Fsp3) is 1.00. The first-order valence-electron chi connectivity index (χ1n) is 6.28. The first-order valence-corrected chi connectivity index (χ1v) is 6.28. The molecule has 0 bridgehead atoms. The van der Waals surface area contributed by atoms with Gasteiger partial charge in [0, 0.05) is 18.6 Å². The molecule has 2 atom stereocenters. The molecule has 0 radical (unpaired) electrons. The van der Waals surface area contributed by atoms with Crippen LogP contribution in [-0.2, 0) is 0 Å². The van der Waals surface area contributed by atoms with Gasteiger partial charge in [0.15, 0.2) is 0 Å². The third kappa shape index (κ3) is 1.96. The summed E-state index contributed by atoms with van der Waals surface area (Å²) in [5.41, 5.74) is 5.93. The van der Waals surface area contributed by atoms with Gasteiger partial charge in [-0.3, -0.25) is 4.90 Å². The maximum Gasteiger partial charge on any atom is 0.0249 e. The zero-order valence-electron chi connectivity index (χ0n) is 9.41. The van der Waals surface area contributed by atoms with E-state index in [0.29, 0.717) is 6.04 Å². The fourth-order valence-electron chi connectivity index (χ4n) is 3.04. The number of nitrogens with two attached hydrogens (primary N) is 1. The van der Waals surface area contributed by atoms with Gasteiger partial charge < -0.3 is 5.73 Å². The Hall–Kier alpha value is -0.0800. The monoisotopic (exact) mass is 196 g/mol. The quantitative estimate of drug-likeness (QED) is 0.748. The summed E-state index contributed by atoms with van der Waals surface area (Å²) in [4.78, 5) is 2.69. The van der Waals surface area contributed by atoms with Crippen molar-refractivity contribution in [1.82, 2.24) is 4.90 Å². The van der Waals surface area contributed by atoms with Crippen molar-refractivity contribution in [2.75, 3.05) is 13.1 Å². The molecule has 1 aliphatic heterocycles. The van der Waals surface area contributed by atoms with Gasteiger partial charge in [-0.05, 0) is 45.1 Å². The minimum absolute atomic E-state index is 0.694. The molecule has 0 aromatic carbocycles. The van der Waals surface area contributed by atoms with Crippen LogP contribution in [0.1, 0.15) is 45.4 Å². The first-order chi connectivity index (χ1) is 6.83. The second-order valence-corrected chi connectivity index (χ2v) is 5.08. The molecule has 1 aliphatic carbocycles. The Kier molecular flexibility index (Phi) is 3.45. The third-order valence-corrected chi connectivity index (χ3v) is 4.22.